The van der Waals surface area contributed by atoms with Crippen LogP contribution in [0.3, 0.4) is 0 Å². The highest BCUT2D eigenvalue weighted by Gasteiger charge is 2.24. The number of anilines is 2. The summed E-state index contributed by atoms with van der Waals surface area (Å²) in [6.07, 6.45) is 3.35. The number of hydrogen-bond acceptors (Lipinski definition) is 4. The molecule has 7 heteroatoms. The van der Waals surface area contributed by atoms with Crippen LogP contribution >= 0.6 is 34.3 Å². The van der Waals surface area contributed by atoms with Gasteiger partial charge in [0, 0.05) is 27.5 Å². The molecular formula is C22H21ClN2O2S2. The maximum atomic E-state index is 13.1. The van der Waals surface area contributed by atoms with Crippen LogP contribution < -0.4 is 10.2 Å². The third-order valence-corrected chi connectivity index (χ3v) is 7.26. The van der Waals surface area contributed by atoms with E-state index >= 15 is 0 Å². The van der Waals surface area contributed by atoms with Crippen LogP contribution in [0.25, 0.3) is 0 Å². The summed E-state index contributed by atoms with van der Waals surface area (Å²) in [7, 11) is 0. The lowest BCUT2D eigenvalue weighted by molar-refractivity contribution is -0.115. The minimum absolute atomic E-state index is 0.0330. The van der Waals surface area contributed by atoms with E-state index in [2.05, 4.69) is 5.32 Å². The summed E-state index contributed by atoms with van der Waals surface area (Å²) in [4.78, 5) is 29.6. The van der Waals surface area contributed by atoms with Gasteiger partial charge in [0.05, 0.1) is 16.4 Å². The van der Waals surface area contributed by atoms with Crippen LogP contribution in [0.4, 0.5) is 11.4 Å². The highest BCUT2D eigenvalue weighted by atomic mass is 35.5. The average Bonchev–Trinajstić information content (AvgIpc) is 3.21. The van der Waals surface area contributed by atoms with Crippen molar-refractivity contribution in [2.75, 3.05) is 16.8 Å². The van der Waals surface area contributed by atoms with Gasteiger partial charge in [-0.25, -0.2) is 0 Å². The fraction of sp³-hybridized carbons (Fsp3) is 0.273. The molecule has 3 heterocycles. The zero-order chi connectivity index (χ0) is 20.4. The van der Waals surface area contributed by atoms with Gasteiger partial charge < -0.3 is 10.2 Å². The first-order chi connectivity index (χ1) is 14.0. The summed E-state index contributed by atoms with van der Waals surface area (Å²) < 4.78 is 0.716. The van der Waals surface area contributed by atoms with Crippen LogP contribution in [0.2, 0.25) is 4.34 Å². The fourth-order valence-corrected chi connectivity index (χ4v) is 5.54. The quantitative estimate of drug-likeness (QED) is 0.541. The van der Waals surface area contributed by atoms with Crippen LogP contribution in [0, 0.1) is 6.92 Å². The van der Waals surface area contributed by atoms with E-state index in [0.29, 0.717) is 28.6 Å². The lowest BCUT2D eigenvalue weighted by Crippen LogP contribution is -2.31. The number of nitrogens with zero attached hydrogens (tertiary/aromatic N) is 1. The van der Waals surface area contributed by atoms with Gasteiger partial charge in [0.1, 0.15) is 0 Å². The first-order valence-corrected chi connectivity index (χ1v) is 11.6. The third kappa shape index (κ3) is 4.55. The highest BCUT2D eigenvalue weighted by Crippen LogP contribution is 2.37. The summed E-state index contributed by atoms with van der Waals surface area (Å²) in [6, 6.07) is 11.0. The third-order valence-electron chi connectivity index (χ3n) is 5.06. The Morgan fingerprint density at radius 1 is 1.17 bits per heavy atom. The normalized spacial score (nSPS) is 13.7. The van der Waals surface area contributed by atoms with Crippen LogP contribution in [0.15, 0.2) is 41.8 Å². The van der Waals surface area contributed by atoms with Crippen molar-refractivity contribution in [3.63, 3.8) is 0 Å². The number of aryl methyl sites for hydroxylation is 2. The number of rotatable bonds is 4. The number of carbonyl (C=O) groups is 2. The number of halogens is 1. The Labute approximate surface area is 183 Å². The number of carbonyl (C=O) groups excluding carboxylic acids is 2. The van der Waals surface area contributed by atoms with Gasteiger partial charge in [-0.2, -0.15) is 0 Å². The van der Waals surface area contributed by atoms with Crippen molar-refractivity contribution in [3.05, 3.63) is 67.0 Å². The molecule has 2 amide bonds. The molecule has 0 saturated carbocycles. The molecule has 0 radical (unpaired) electrons. The van der Waals surface area contributed by atoms with Gasteiger partial charge >= 0.3 is 0 Å². The lowest BCUT2D eigenvalue weighted by Gasteiger charge is -2.21. The van der Waals surface area contributed by atoms with Crippen molar-refractivity contribution in [2.45, 2.75) is 32.6 Å². The summed E-state index contributed by atoms with van der Waals surface area (Å²) >= 11 is 9.39. The molecule has 4 nitrogen and oxygen atoms in total. The number of thiophene rings is 2. The molecule has 4 rings (SSSR count). The monoisotopic (exact) mass is 444 g/mol. The number of hydrogen-bond donors (Lipinski definition) is 1. The second-order valence-corrected chi connectivity index (χ2v) is 9.97. The minimum Gasteiger partial charge on any atom is -0.326 e. The van der Waals surface area contributed by atoms with E-state index in [1.165, 1.54) is 4.88 Å². The van der Waals surface area contributed by atoms with Gasteiger partial charge in [0.2, 0.25) is 5.91 Å². The van der Waals surface area contributed by atoms with Gasteiger partial charge in [0.25, 0.3) is 5.91 Å². The molecule has 0 saturated heterocycles. The maximum Gasteiger partial charge on any atom is 0.258 e. The van der Waals surface area contributed by atoms with Crippen LogP contribution in [-0.2, 0) is 17.6 Å². The Kier molecular flexibility index (Phi) is 6.04. The smallest absolute Gasteiger partial charge is 0.258 e. The molecule has 3 aromatic rings. The van der Waals surface area contributed by atoms with E-state index in [-0.39, 0.29) is 11.8 Å². The fourth-order valence-electron chi connectivity index (χ4n) is 3.51. The van der Waals surface area contributed by atoms with Gasteiger partial charge in [-0.3, -0.25) is 9.59 Å². The summed E-state index contributed by atoms with van der Waals surface area (Å²) in [6.45, 7) is 2.71. The molecule has 0 aliphatic carbocycles. The molecule has 2 aromatic heterocycles. The van der Waals surface area contributed by atoms with Gasteiger partial charge in [-0.15, -0.1) is 22.7 Å². The van der Waals surface area contributed by atoms with Crippen molar-refractivity contribution in [1.29, 1.82) is 0 Å². The average molecular weight is 445 g/mol. The zero-order valence-electron chi connectivity index (χ0n) is 16.0. The first kappa shape index (κ1) is 20.1. The summed E-state index contributed by atoms with van der Waals surface area (Å²) in [5, 5.41) is 4.90. The Hall–Kier alpha value is -2.15. The van der Waals surface area contributed by atoms with Gasteiger partial charge in [-0.1, -0.05) is 11.6 Å². The van der Waals surface area contributed by atoms with Crippen LogP contribution in [0.5, 0.6) is 0 Å². The molecular weight excluding hydrogens is 424 g/mol. The van der Waals surface area contributed by atoms with E-state index in [1.807, 2.05) is 29.3 Å². The van der Waals surface area contributed by atoms with E-state index in [4.69, 9.17) is 11.6 Å². The Morgan fingerprint density at radius 3 is 2.69 bits per heavy atom. The molecule has 1 aliphatic rings. The number of amides is 2. The predicted molar refractivity (Wildman–Crippen MR) is 122 cm³/mol. The summed E-state index contributed by atoms with van der Waals surface area (Å²) in [5.74, 6) is -0.0926. The topological polar surface area (TPSA) is 49.4 Å². The van der Waals surface area contributed by atoms with Crippen molar-refractivity contribution in [1.82, 2.24) is 0 Å². The van der Waals surface area contributed by atoms with E-state index < -0.39 is 0 Å². The number of benzene rings is 1. The maximum absolute atomic E-state index is 13.1. The molecule has 0 fully saturated rings. The molecule has 1 aliphatic heterocycles. The predicted octanol–water partition coefficient (Wildman–Crippen LogP) is 5.94. The molecule has 150 valence electrons. The number of nitrogens with one attached hydrogen (secondary N) is 1. The minimum atomic E-state index is -0.0596. The lowest BCUT2D eigenvalue weighted by atomic mass is 10.1. The molecule has 1 aromatic carbocycles. The molecule has 0 spiro atoms. The zero-order valence-corrected chi connectivity index (χ0v) is 18.4. The first-order valence-electron chi connectivity index (χ1n) is 9.54. The SMILES string of the molecule is Cc1sccc1CC(=O)Nc1ccc(C(=O)N2CCCCc3sc(Cl)cc32)cc1. The van der Waals surface area contributed by atoms with Crippen molar-refractivity contribution in [3.8, 4) is 0 Å². The van der Waals surface area contributed by atoms with E-state index in [0.717, 1.165) is 35.4 Å². The largest absolute Gasteiger partial charge is 0.326 e. The van der Waals surface area contributed by atoms with Crippen molar-refractivity contribution >= 4 is 57.5 Å². The van der Waals surface area contributed by atoms with Gasteiger partial charge in [-0.05, 0) is 73.5 Å². The molecule has 0 unspecified atom stereocenters. The Morgan fingerprint density at radius 2 is 1.97 bits per heavy atom. The van der Waals surface area contributed by atoms with Crippen molar-refractivity contribution < 1.29 is 9.59 Å². The molecule has 1 N–H and O–H groups in total. The Bertz CT molecular complexity index is 1040. The highest BCUT2D eigenvalue weighted by molar-refractivity contribution is 7.16. The van der Waals surface area contributed by atoms with Crippen molar-refractivity contribution in [2.24, 2.45) is 0 Å². The molecule has 0 atom stereocenters. The van der Waals surface area contributed by atoms with E-state index in [1.54, 1.807) is 46.9 Å². The summed E-state index contributed by atoms with van der Waals surface area (Å²) in [5.41, 5.74) is 3.28. The van der Waals surface area contributed by atoms with Crippen LogP contribution in [-0.4, -0.2) is 18.4 Å². The molecule has 29 heavy (non-hydrogen) atoms. The molecule has 0 bridgehead atoms. The van der Waals surface area contributed by atoms with E-state index in [9.17, 15) is 9.59 Å². The second kappa shape index (κ2) is 8.69. The standard InChI is InChI=1S/C22H21ClN2O2S2/c1-14-16(9-11-28-14)12-21(26)24-17-7-5-15(6-8-17)22(27)25-10-3-2-4-19-18(25)13-20(23)29-19/h5-9,11,13H,2-4,10,12H2,1H3,(H,24,26). The number of fused-ring (bicyclic) bond motifs is 1. The van der Waals surface area contributed by atoms with Gasteiger partial charge in [0.15, 0.2) is 0 Å². The Balaban J connectivity index is 1.45. The second-order valence-electron chi connectivity index (χ2n) is 7.08. The van der Waals surface area contributed by atoms with Crippen LogP contribution in [0.1, 0.15) is 38.5 Å².